The Morgan fingerprint density at radius 2 is 1.44 bits per heavy atom. The monoisotopic (exact) mass is 266 g/mol. The Bertz CT molecular complexity index is 168. The Labute approximate surface area is 107 Å². The van der Waals surface area contributed by atoms with E-state index in [0.717, 1.165) is 32.1 Å². The predicted octanol–water partition coefficient (Wildman–Crippen LogP) is 4.10. The second kappa shape index (κ2) is 8.51. The van der Waals surface area contributed by atoms with Crippen molar-refractivity contribution in [1.82, 2.24) is 0 Å². The van der Waals surface area contributed by atoms with Gasteiger partial charge in [-0.1, -0.05) is 34.6 Å². The standard InChI is InChI=1S/C12H27ClO2Si/c1-6-9-14-16(8-3,15-10-7-2)12(13)11(4)5/h11-12H,6-10H2,1-5H3. The van der Waals surface area contributed by atoms with Gasteiger partial charge in [0.15, 0.2) is 0 Å². The van der Waals surface area contributed by atoms with Crippen molar-refractivity contribution in [3.63, 3.8) is 0 Å². The van der Waals surface area contributed by atoms with Crippen LogP contribution in [0, 0.1) is 5.92 Å². The number of hydrogen-bond donors (Lipinski definition) is 0. The van der Waals surface area contributed by atoms with Crippen LogP contribution in [-0.4, -0.2) is 26.8 Å². The van der Waals surface area contributed by atoms with E-state index in [9.17, 15) is 0 Å². The molecule has 98 valence electrons. The summed E-state index contributed by atoms with van der Waals surface area (Å²) in [6.45, 7) is 12.2. The zero-order valence-electron chi connectivity index (χ0n) is 11.4. The number of rotatable bonds is 9. The van der Waals surface area contributed by atoms with Crippen LogP contribution in [0.5, 0.6) is 0 Å². The average molecular weight is 267 g/mol. The van der Waals surface area contributed by atoms with Crippen LogP contribution in [0.25, 0.3) is 0 Å². The molecule has 0 bridgehead atoms. The maximum Gasteiger partial charge on any atom is 0.356 e. The summed E-state index contributed by atoms with van der Waals surface area (Å²) < 4.78 is 12.1. The van der Waals surface area contributed by atoms with E-state index < -0.39 is 8.56 Å². The van der Waals surface area contributed by atoms with E-state index in [1.54, 1.807) is 0 Å². The molecule has 4 heteroatoms. The Morgan fingerprint density at radius 3 is 1.69 bits per heavy atom. The van der Waals surface area contributed by atoms with E-state index in [1.807, 2.05) is 0 Å². The molecule has 16 heavy (non-hydrogen) atoms. The minimum absolute atomic E-state index is 0.0376. The molecule has 0 aromatic carbocycles. The SMILES string of the molecule is CCCO[Si](CC)(OCCC)C(Cl)C(C)C. The van der Waals surface area contributed by atoms with Gasteiger partial charge in [0.05, 0.1) is 5.00 Å². The van der Waals surface area contributed by atoms with Gasteiger partial charge >= 0.3 is 8.56 Å². The van der Waals surface area contributed by atoms with E-state index in [0.29, 0.717) is 5.92 Å². The summed E-state index contributed by atoms with van der Waals surface area (Å²) >= 11 is 6.52. The van der Waals surface area contributed by atoms with Gasteiger partial charge < -0.3 is 8.85 Å². The highest BCUT2D eigenvalue weighted by Gasteiger charge is 2.45. The first-order valence-electron chi connectivity index (χ1n) is 6.46. The molecule has 0 aliphatic rings. The highest BCUT2D eigenvalue weighted by molar-refractivity contribution is 6.76. The minimum atomic E-state index is -2.21. The van der Waals surface area contributed by atoms with Gasteiger partial charge in [0.1, 0.15) is 0 Å². The molecule has 0 aliphatic heterocycles. The second-order valence-electron chi connectivity index (χ2n) is 4.51. The fourth-order valence-corrected chi connectivity index (χ4v) is 5.81. The van der Waals surface area contributed by atoms with E-state index in [-0.39, 0.29) is 5.00 Å². The molecular weight excluding hydrogens is 240 g/mol. The van der Waals surface area contributed by atoms with Gasteiger partial charge in [-0.2, -0.15) is 0 Å². The molecule has 0 N–H and O–H groups in total. The van der Waals surface area contributed by atoms with Gasteiger partial charge in [0, 0.05) is 13.2 Å². The van der Waals surface area contributed by atoms with Crippen LogP contribution in [0.15, 0.2) is 0 Å². The minimum Gasteiger partial charge on any atom is -0.393 e. The molecule has 0 radical (unpaired) electrons. The zero-order chi connectivity index (χ0) is 12.6. The van der Waals surface area contributed by atoms with Crippen LogP contribution in [0.2, 0.25) is 6.04 Å². The van der Waals surface area contributed by atoms with Crippen molar-refractivity contribution in [1.29, 1.82) is 0 Å². The lowest BCUT2D eigenvalue weighted by molar-refractivity contribution is 0.161. The first kappa shape index (κ1) is 16.4. The summed E-state index contributed by atoms with van der Waals surface area (Å²) in [5, 5.41) is 0.0376. The summed E-state index contributed by atoms with van der Waals surface area (Å²) in [7, 11) is -2.21. The van der Waals surface area contributed by atoms with E-state index >= 15 is 0 Å². The molecule has 0 spiro atoms. The van der Waals surface area contributed by atoms with E-state index in [2.05, 4.69) is 34.6 Å². The van der Waals surface area contributed by atoms with Crippen LogP contribution >= 0.6 is 11.6 Å². The fourth-order valence-electron chi connectivity index (χ4n) is 1.66. The molecule has 0 aliphatic carbocycles. The van der Waals surface area contributed by atoms with Crippen molar-refractivity contribution >= 4 is 20.2 Å². The number of hydrogen-bond acceptors (Lipinski definition) is 2. The van der Waals surface area contributed by atoms with Crippen molar-refractivity contribution in [2.45, 2.75) is 58.5 Å². The van der Waals surface area contributed by atoms with Gasteiger partial charge in [-0.25, -0.2) is 0 Å². The lowest BCUT2D eigenvalue weighted by atomic mass is 10.3. The molecule has 0 aromatic rings. The van der Waals surface area contributed by atoms with Gasteiger partial charge in [-0.05, 0) is 24.8 Å². The van der Waals surface area contributed by atoms with Gasteiger partial charge in [0.25, 0.3) is 0 Å². The molecular formula is C12H27ClO2Si. The third kappa shape index (κ3) is 4.74. The molecule has 1 atom stereocenters. The Balaban J connectivity index is 4.64. The predicted molar refractivity (Wildman–Crippen MR) is 73.2 cm³/mol. The Morgan fingerprint density at radius 1 is 1.00 bits per heavy atom. The summed E-state index contributed by atoms with van der Waals surface area (Å²) in [5.41, 5.74) is 0. The fraction of sp³-hybridized carbons (Fsp3) is 1.00. The molecule has 0 rings (SSSR count). The highest BCUT2D eigenvalue weighted by atomic mass is 35.5. The first-order valence-corrected chi connectivity index (χ1v) is 8.99. The van der Waals surface area contributed by atoms with Crippen LogP contribution < -0.4 is 0 Å². The number of halogens is 1. The molecule has 1 unspecified atom stereocenters. The van der Waals surface area contributed by atoms with Crippen molar-refractivity contribution in [2.24, 2.45) is 5.92 Å². The largest absolute Gasteiger partial charge is 0.393 e. The normalized spacial score (nSPS) is 14.4. The lowest BCUT2D eigenvalue weighted by Crippen LogP contribution is -2.53. The molecule has 0 heterocycles. The van der Waals surface area contributed by atoms with Crippen LogP contribution in [0.4, 0.5) is 0 Å². The van der Waals surface area contributed by atoms with Crippen molar-refractivity contribution in [3.8, 4) is 0 Å². The third-order valence-corrected chi connectivity index (χ3v) is 7.98. The number of alkyl halides is 1. The third-order valence-electron chi connectivity index (χ3n) is 2.60. The molecule has 0 saturated heterocycles. The molecule has 0 saturated carbocycles. The molecule has 0 fully saturated rings. The zero-order valence-corrected chi connectivity index (χ0v) is 13.1. The van der Waals surface area contributed by atoms with Gasteiger partial charge in [-0.3, -0.25) is 0 Å². The smallest absolute Gasteiger partial charge is 0.356 e. The van der Waals surface area contributed by atoms with Crippen molar-refractivity contribution in [2.75, 3.05) is 13.2 Å². The van der Waals surface area contributed by atoms with Gasteiger partial charge in [-0.15, -0.1) is 11.6 Å². The summed E-state index contributed by atoms with van der Waals surface area (Å²) in [5.74, 6) is 0.405. The Hall–Kier alpha value is 0.427. The van der Waals surface area contributed by atoms with E-state index in [4.69, 9.17) is 20.5 Å². The maximum absolute atomic E-state index is 6.52. The molecule has 0 aromatic heterocycles. The lowest BCUT2D eigenvalue weighted by Gasteiger charge is -2.35. The Kier molecular flexibility index (Phi) is 8.73. The molecule has 2 nitrogen and oxygen atoms in total. The van der Waals surface area contributed by atoms with Gasteiger partial charge in [0.2, 0.25) is 0 Å². The molecule has 0 amide bonds. The van der Waals surface area contributed by atoms with Crippen molar-refractivity contribution in [3.05, 3.63) is 0 Å². The summed E-state index contributed by atoms with van der Waals surface area (Å²) in [4.78, 5) is 0. The quantitative estimate of drug-likeness (QED) is 0.462. The van der Waals surface area contributed by atoms with Crippen LogP contribution in [-0.2, 0) is 8.85 Å². The van der Waals surface area contributed by atoms with Crippen molar-refractivity contribution < 1.29 is 8.85 Å². The average Bonchev–Trinajstić information content (AvgIpc) is 2.29. The topological polar surface area (TPSA) is 18.5 Å². The highest BCUT2D eigenvalue weighted by Crippen LogP contribution is 2.28. The second-order valence-corrected chi connectivity index (χ2v) is 8.87. The first-order chi connectivity index (χ1) is 7.54. The van der Waals surface area contributed by atoms with Crippen LogP contribution in [0.3, 0.4) is 0 Å². The van der Waals surface area contributed by atoms with E-state index in [1.165, 1.54) is 0 Å². The maximum atomic E-state index is 6.52. The summed E-state index contributed by atoms with van der Waals surface area (Å²) in [6.07, 6.45) is 2.04. The van der Waals surface area contributed by atoms with Crippen LogP contribution in [0.1, 0.15) is 47.5 Å². The summed E-state index contributed by atoms with van der Waals surface area (Å²) in [6, 6.07) is 0.930.